The van der Waals surface area contributed by atoms with Crippen molar-refractivity contribution >= 4 is 115 Å². The normalized spacial score (nSPS) is 19.8. The lowest BCUT2D eigenvalue weighted by atomic mass is 9.88. The van der Waals surface area contributed by atoms with Crippen molar-refractivity contribution in [1.82, 2.24) is 0 Å². The number of carbonyl (C=O) groups excluding carboxylic acids is 10. The summed E-state index contributed by atoms with van der Waals surface area (Å²) in [4.78, 5) is 128. The van der Waals surface area contributed by atoms with Crippen LogP contribution in [0.4, 0.5) is 0 Å². The number of benzene rings is 10. The molecule has 9 aliphatic rings. The second kappa shape index (κ2) is 42.9. The van der Waals surface area contributed by atoms with Crippen LogP contribution in [-0.2, 0) is 4.79 Å². The molecule has 0 aromatic heterocycles. The Morgan fingerprint density at radius 2 is 0.854 bits per heavy atom. The molecule has 678 valence electrons. The molecule has 0 fully saturated rings. The van der Waals surface area contributed by atoms with E-state index in [1.807, 2.05) is 162 Å². The van der Waals surface area contributed by atoms with E-state index in [4.69, 9.17) is 92.4 Å². The second-order valence-corrected chi connectivity index (χ2v) is 36.2. The number of hydrogen-bond acceptors (Lipinski definition) is 22. The average molecular weight is 1890 g/mol. The van der Waals surface area contributed by atoms with Crippen LogP contribution < -0.4 is 47.4 Å². The van der Waals surface area contributed by atoms with Crippen molar-refractivity contribution in [2.45, 2.75) is 180 Å². The maximum Gasteiger partial charge on any atom is 0.307 e. The van der Waals surface area contributed by atoms with Crippen LogP contribution in [0.3, 0.4) is 0 Å². The minimum atomic E-state index is -1.00. The Hall–Kier alpha value is -12.3. The van der Waals surface area contributed by atoms with Gasteiger partial charge >= 0.3 is 5.97 Å². The summed E-state index contributed by atoms with van der Waals surface area (Å²) in [6.07, 6.45) is 0.487. The van der Waals surface area contributed by atoms with Crippen molar-refractivity contribution in [3.8, 4) is 57.5 Å². The molecule has 9 aliphatic heterocycles. The number of aryl methyl sites for hydroxylation is 3. The lowest BCUT2D eigenvalue weighted by Crippen LogP contribution is -2.36. The number of carboxylic acids is 1. The van der Waals surface area contributed by atoms with Crippen LogP contribution in [0.15, 0.2) is 206 Å². The number of carbonyl (C=O) groups is 11. The summed E-state index contributed by atoms with van der Waals surface area (Å²) in [6, 6.07) is 60.1. The summed E-state index contributed by atoms with van der Waals surface area (Å²) in [7, 11) is 1.55. The van der Waals surface area contributed by atoms with Gasteiger partial charge in [-0.15, -0.1) is 0 Å². The smallest absolute Gasteiger partial charge is 0.307 e. The molecular formula is C103H100BrCl3O23. The molecule has 0 spiro atoms. The van der Waals surface area contributed by atoms with E-state index in [9.17, 15) is 52.7 Å². The molecule has 7 unspecified atom stereocenters. The highest BCUT2D eigenvalue weighted by atomic mass is 79.9. The molecule has 0 aliphatic carbocycles. The zero-order valence-corrected chi connectivity index (χ0v) is 77.9. The van der Waals surface area contributed by atoms with E-state index in [1.165, 1.54) is 6.07 Å². The number of aliphatic hydroxyl groups excluding tert-OH is 1. The summed E-state index contributed by atoms with van der Waals surface area (Å²) in [6.45, 7) is 23.4. The predicted octanol–water partition coefficient (Wildman–Crippen LogP) is 21.6. The molecule has 0 radical (unpaired) electrons. The Bertz CT molecular complexity index is 5900. The molecule has 23 nitrogen and oxygen atoms in total. The monoisotopic (exact) mass is 1890 g/mol. The Morgan fingerprint density at radius 1 is 0.415 bits per heavy atom. The first-order valence-corrected chi connectivity index (χ1v) is 44.1. The van der Waals surface area contributed by atoms with Crippen molar-refractivity contribution in [1.29, 1.82) is 0 Å². The number of para-hydroxylation sites is 3. The second-order valence-electron chi connectivity index (χ2n) is 33.9. The number of halogens is 4. The number of ketones is 10. The van der Waals surface area contributed by atoms with Gasteiger partial charge in [0.05, 0.1) is 82.9 Å². The molecule has 19 rings (SSSR count). The van der Waals surface area contributed by atoms with Crippen LogP contribution in [0.25, 0.3) is 0 Å². The number of methoxy groups -OCH3 is 1. The Kier molecular flexibility index (Phi) is 32.5. The molecule has 0 saturated heterocycles. The summed E-state index contributed by atoms with van der Waals surface area (Å²) in [5.74, 6) is 4.54. The lowest BCUT2D eigenvalue weighted by molar-refractivity contribution is -0.138. The molecule has 27 heteroatoms. The largest absolute Gasteiger partial charge is 0.497 e. The number of alkyl halides is 1. The van der Waals surface area contributed by atoms with Crippen molar-refractivity contribution in [3.63, 3.8) is 0 Å². The third kappa shape index (κ3) is 25.6. The SMILES string of the molecule is CC1(C)CC(=O)c2cc(Cl)ccc2O1.CC1CC(=O)c2cc(Cl)ccc2O1.CC1CC(=O)c2ccccc2O1.CC1Oc2ccccc2C(=O)C1Br.COc1ccc2c(c1)OCC(C(=O)c1ccccc1)C2=O.Cc1cc(C)c2c(c1)OC(C)(C)CC2=O.Cc1ccc2c(c1)C(=O)CC(C)(C)O2.O=C(O)CC1CC(=O)c2cc(Cl)ccc2O1.O=C1c2ccccc2OCC1O. The molecule has 7 atom stereocenters. The van der Waals surface area contributed by atoms with Gasteiger partial charge in [-0.3, -0.25) is 52.7 Å². The van der Waals surface area contributed by atoms with Gasteiger partial charge in [-0.2, -0.15) is 0 Å². The van der Waals surface area contributed by atoms with Crippen LogP contribution in [0.5, 0.6) is 57.5 Å². The quantitative estimate of drug-likeness (QED) is 0.0918. The summed E-state index contributed by atoms with van der Waals surface area (Å²) >= 11 is 20.7. The fraction of sp³-hybridized carbons (Fsp3) is 0.311. The number of aliphatic carboxylic acids is 1. The van der Waals surface area contributed by atoms with Crippen molar-refractivity contribution in [2.24, 2.45) is 5.92 Å². The molecule has 2 N–H and O–H groups in total. The maximum absolute atomic E-state index is 12.5. The summed E-state index contributed by atoms with van der Waals surface area (Å²) in [5.41, 5.74) is 8.03. The van der Waals surface area contributed by atoms with Crippen LogP contribution in [-0.4, -0.2) is 146 Å². The molecule has 10 aromatic carbocycles. The predicted molar refractivity (Wildman–Crippen MR) is 495 cm³/mol. The van der Waals surface area contributed by atoms with Crippen LogP contribution in [0.2, 0.25) is 15.1 Å². The fourth-order valence-corrected chi connectivity index (χ4v) is 16.0. The number of hydrogen-bond donors (Lipinski definition) is 2. The number of rotatable bonds is 5. The van der Waals surface area contributed by atoms with Gasteiger partial charge in [-0.1, -0.05) is 135 Å². The zero-order valence-electron chi connectivity index (χ0n) is 74.0. The fourth-order valence-electron chi connectivity index (χ4n) is 15.1. The first-order chi connectivity index (χ1) is 61.5. The van der Waals surface area contributed by atoms with Gasteiger partial charge in [-0.25, -0.2) is 0 Å². The van der Waals surface area contributed by atoms with Gasteiger partial charge in [0.1, 0.15) is 123 Å². The minimum Gasteiger partial charge on any atom is -0.497 e. The minimum absolute atomic E-state index is 0.0207. The van der Waals surface area contributed by atoms with E-state index in [0.717, 1.165) is 50.6 Å². The van der Waals surface area contributed by atoms with Crippen molar-refractivity contribution < 1.29 is 110 Å². The topological polar surface area (TPSA) is 321 Å². The molecule has 0 saturated carbocycles. The third-order valence-corrected chi connectivity index (χ3v) is 23.1. The van der Waals surface area contributed by atoms with E-state index >= 15 is 0 Å². The van der Waals surface area contributed by atoms with Crippen molar-refractivity contribution in [3.05, 3.63) is 294 Å². The molecule has 0 amide bonds. The Balaban J connectivity index is 0.000000142. The lowest BCUT2D eigenvalue weighted by Gasteiger charge is -2.32. The third-order valence-electron chi connectivity index (χ3n) is 21.2. The summed E-state index contributed by atoms with van der Waals surface area (Å²) in [5, 5.41) is 19.4. The summed E-state index contributed by atoms with van der Waals surface area (Å²) < 4.78 is 54.9. The molecule has 9 heterocycles. The average Bonchev–Trinajstić information content (AvgIpc) is 0.763. The van der Waals surface area contributed by atoms with Gasteiger partial charge in [0.25, 0.3) is 0 Å². The van der Waals surface area contributed by atoms with Crippen LogP contribution >= 0.6 is 50.7 Å². The van der Waals surface area contributed by atoms with Crippen LogP contribution in [0, 0.1) is 26.7 Å². The Labute approximate surface area is 777 Å². The first kappa shape index (κ1) is 98.3. The first-order valence-electron chi connectivity index (χ1n) is 42.0. The maximum atomic E-state index is 12.5. The van der Waals surface area contributed by atoms with Crippen LogP contribution in [0.1, 0.15) is 228 Å². The van der Waals surface area contributed by atoms with Gasteiger partial charge in [0.15, 0.2) is 63.9 Å². The zero-order chi connectivity index (χ0) is 94.4. The number of aliphatic hydroxyl groups is 1. The highest BCUT2D eigenvalue weighted by Gasteiger charge is 2.39. The highest BCUT2D eigenvalue weighted by molar-refractivity contribution is 9.10. The van der Waals surface area contributed by atoms with E-state index < -0.39 is 29.7 Å². The number of Topliss-reactive ketones (excluding diaryl/α,β-unsaturated/α-hetero) is 10. The van der Waals surface area contributed by atoms with E-state index in [0.29, 0.717) is 126 Å². The van der Waals surface area contributed by atoms with E-state index in [-0.39, 0.29) is 118 Å². The highest BCUT2D eigenvalue weighted by Crippen LogP contribution is 2.41. The standard InChI is InChI=1S/C17H14O4.C13H16O2.C12H14O2.C11H9ClO4.C11H11ClO2.C10H9BrO2.C10H9ClO2.C10H10O2.C9H8O3/c1-20-12-7-8-13-15(9-12)21-10-14(17(13)19)16(18)11-5-3-2-4-6-11;1-8-5-9(2)12-10(14)7-13(3,4)15-11(12)6-8;1-8-4-5-11-9(6-8)10(13)7-12(2,3)14-11;12-6-1-2-10-8(3-6)9(13)4-7(16-10)5-11(14)15;1-11(2)6-9(13)8-5-7(12)3-4-10(8)14-11;1-6-9(11)10(12)7-4-2-3-5-8(7)13-6;1-6-4-9(12)8-5-7(11)2-3-10(8)13-6;1-7-6-9(11)8-4-2-3-5-10(8)12-7;10-7-5-12-8-4-2-1-3-6(8)9(7)11/h2-9,14H,10H2,1H3;5-6H,7H2,1-4H3;4-6H,7H2,1-3H3;1-3,7H,4-5H2,(H,14,15);3-5H,6H2,1-2H3;2-6,9H,1H3;2-3,5-6H,4H2,1H3;2-5,7H,6H2,1H3;1-4,7,10H,5H2. The van der Waals surface area contributed by atoms with Gasteiger partial charge < -0.3 is 57.6 Å². The van der Waals surface area contributed by atoms with Gasteiger partial charge in [-0.05, 0) is 216 Å². The van der Waals surface area contributed by atoms with E-state index in [1.54, 1.807) is 128 Å². The number of carboxylic acid groups (broad SMARTS) is 1. The molecule has 0 bridgehead atoms. The van der Waals surface area contributed by atoms with Gasteiger partial charge in [0, 0.05) is 46.0 Å². The number of fused-ring (bicyclic) bond motifs is 9. The van der Waals surface area contributed by atoms with Gasteiger partial charge in [0.2, 0.25) is 0 Å². The molecule has 10 aromatic rings. The van der Waals surface area contributed by atoms with E-state index in [2.05, 4.69) is 15.9 Å². The van der Waals surface area contributed by atoms with Crippen molar-refractivity contribution in [2.75, 3.05) is 20.3 Å². The Morgan fingerprint density at radius 3 is 1.42 bits per heavy atom. The molecule has 130 heavy (non-hydrogen) atoms. The molecular weight excluding hydrogens is 1790 g/mol. The number of ether oxygens (including phenoxy) is 10.